The predicted molar refractivity (Wildman–Crippen MR) is 194 cm³/mol. The van der Waals surface area contributed by atoms with E-state index in [9.17, 15) is 14.7 Å². The lowest BCUT2D eigenvalue weighted by Crippen LogP contribution is -2.66. The van der Waals surface area contributed by atoms with Gasteiger partial charge in [-0.25, -0.2) is 0 Å². The SMILES string of the molecule is C=C(C[C@]12CC[C@@H](C(=C)C)[C@@H]1[C@H]1CC[C@@H]3[C@@]4(C)CC[C@H](OC(=O)CC(C)(C)C(=O)O)C(C)(C)[C@@H]4CC[C@@]3(C)[C@]1(C)CC2)NCc1ccco1. The molecule has 1 aromatic rings. The van der Waals surface area contributed by atoms with Gasteiger partial charge in [-0.05, 0) is 155 Å². The van der Waals surface area contributed by atoms with E-state index in [2.05, 4.69) is 60.0 Å². The average Bonchev–Trinajstić information content (AvgIpc) is 3.66. The van der Waals surface area contributed by atoms with Crippen LogP contribution in [0.2, 0.25) is 0 Å². The molecule has 5 saturated carbocycles. The molecule has 10 atom stereocenters. The Bertz CT molecular complexity index is 1460. The van der Waals surface area contributed by atoms with Crippen molar-refractivity contribution in [1.29, 1.82) is 0 Å². The summed E-state index contributed by atoms with van der Waals surface area (Å²) < 4.78 is 11.8. The van der Waals surface area contributed by atoms with E-state index in [4.69, 9.17) is 9.15 Å². The van der Waals surface area contributed by atoms with Crippen molar-refractivity contribution < 1.29 is 23.8 Å². The Morgan fingerprint density at radius 3 is 2.35 bits per heavy atom. The van der Waals surface area contributed by atoms with Crippen LogP contribution in [0.5, 0.6) is 0 Å². The summed E-state index contributed by atoms with van der Waals surface area (Å²) in [4.78, 5) is 24.8. The lowest BCUT2D eigenvalue weighted by Gasteiger charge is -2.73. The summed E-state index contributed by atoms with van der Waals surface area (Å²) >= 11 is 0. The minimum Gasteiger partial charge on any atom is -0.481 e. The Balaban J connectivity index is 1.23. The first-order valence-electron chi connectivity index (χ1n) is 19.3. The number of rotatable bonds is 10. The maximum absolute atomic E-state index is 13.1. The fourth-order valence-corrected chi connectivity index (χ4v) is 13.5. The third-order valence-corrected chi connectivity index (χ3v) is 16.3. The van der Waals surface area contributed by atoms with Crippen LogP contribution in [0.25, 0.3) is 0 Å². The normalized spacial score (nSPS) is 41.0. The van der Waals surface area contributed by atoms with Crippen LogP contribution < -0.4 is 5.32 Å². The summed E-state index contributed by atoms with van der Waals surface area (Å²) in [6.45, 7) is 27.9. The molecule has 1 heterocycles. The fraction of sp³-hybridized carbons (Fsp3) is 0.767. The van der Waals surface area contributed by atoms with Crippen LogP contribution in [-0.2, 0) is 20.9 Å². The third-order valence-electron chi connectivity index (χ3n) is 16.3. The Hall–Kier alpha value is -2.50. The Kier molecular flexibility index (Phi) is 9.13. The van der Waals surface area contributed by atoms with Crippen LogP contribution in [0.1, 0.15) is 138 Å². The van der Waals surface area contributed by atoms with E-state index in [-0.39, 0.29) is 45.6 Å². The van der Waals surface area contributed by atoms with E-state index < -0.39 is 11.4 Å². The largest absolute Gasteiger partial charge is 0.481 e. The number of hydrogen-bond donors (Lipinski definition) is 2. The van der Waals surface area contributed by atoms with Gasteiger partial charge in [0.1, 0.15) is 11.9 Å². The molecule has 49 heavy (non-hydrogen) atoms. The van der Waals surface area contributed by atoms with E-state index in [1.165, 1.54) is 50.5 Å². The molecule has 1 aromatic heterocycles. The number of hydrogen-bond acceptors (Lipinski definition) is 5. The Morgan fingerprint density at radius 1 is 0.959 bits per heavy atom. The lowest BCUT2D eigenvalue weighted by molar-refractivity contribution is -0.250. The summed E-state index contributed by atoms with van der Waals surface area (Å²) in [6.07, 6.45) is 14.4. The molecule has 5 aliphatic carbocycles. The summed E-state index contributed by atoms with van der Waals surface area (Å²) in [5.41, 5.74) is 2.16. The van der Waals surface area contributed by atoms with Gasteiger partial charge >= 0.3 is 11.9 Å². The highest BCUT2D eigenvalue weighted by Gasteiger charge is 2.71. The number of allylic oxidation sites excluding steroid dienone is 2. The second-order valence-electron chi connectivity index (χ2n) is 19.5. The predicted octanol–water partition coefficient (Wildman–Crippen LogP) is 10.3. The highest BCUT2D eigenvalue weighted by Crippen LogP contribution is 2.78. The number of carboxylic acids is 1. The zero-order valence-electron chi connectivity index (χ0n) is 31.9. The molecule has 0 spiro atoms. The number of carbonyl (C=O) groups is 2. The minimum absolute atomic E-state index is 0.0987. The number of aliphatic carboxylic acids is 1. The molecule has 0 unspecified atom stereocenters. The zero-order valence-corrected chi connectivity index (χ0v) is 31.9. The molecule has 0 saturated heterocycles. The molecule has 0 bridgehead atoms. The molecule has 6 rings (SSSR count). The second kappa shape index (κ2) is 12.3. The Labute approximate surface area is 296 Å². The molecule has 0 amide bonds. The molecule has 2 N–H and O–H groups in total. The van der Waals surface area contributed by atoms with Gasteiger partial charge in [0.15, 0.2) is 0 Å². The molecule has 6 heteroatoms. The summed E-state index contributed by atoms with van der Waals surface area (Å²) in [5, 5.41) is 13.2. The van der Waals surface area contributed by atoms with Crippen LogP contribution in [0.3, 0.4) is 0 Å². The van der Waals surface area contributed by atoms with Gasteiger partial charge in [0.25, 0.3) is 0 Å². The number of esters is 1. The van der Waals surface area contributed by atoms with Crippen molar-refractivity contribution in [2.45, 2.75) is 145 Å². The number of carboxylic acid groups (broad SMARTS) is 1. The quantitative estimate of drug-likeness (QED) is 0.190. The summed E-state index contributed by atoms with van der Waals surface area (Å²) in [5.74, 6) is 2.58. The minimum atomic E-state index is -1.13. The molecule has 6 nitrogen and oxygen atoms in total. The molecule has 0 radical (unpaired) electrons. The van der Waals surface area contributed by atoms with Crippen LogP contribution in [-0.4, -0.2) is 23.1 Å². The van der Waals surface area contributed by atoms with Crippen LogP contribution >= 0.6 is 0 Å². The van der Waals surface area contributed by atoms with E-state index >= 15 is 0 Å². The molecule has 0 aliphatic heterocycles. The van der Waals surface area contributed by atoms with E-state index in [1.54, 1.807) is 20.1 Å². The number of furan rings is 1. The van der Waals surface area contributed by atoms with Gasteiger partial charge in [-0.1, -0.05) is 53.3 Å². The topological polar surface area (TPSA) is 88.8 Å². The lowest BCUT2D eigenvalue weighted by atomic mass is 9.32. The van der Waals surface area contributed by atoms with Gasteiger partial charge in [0, 0.05) is 11.1 Å². The highest BCUT2D eigenvalue weighted by molar-refractivity contribution is 5.81. The van der Waals surface area contributed by atoms with E-state index in [1.807, 2.05) is 12.1 Å². The highest BCUT2D eigenvalue weighted by atomic mass is 16.5. The number of ether oxygens (including phenoxy) is 1. The first-order chi connectivity index (χ1) is 22.8. The first-order valence-corrected chi connectivity index (χ1v) is 19.3. The maximum Gasteiger partial charge on any atom is 0.309 e. The van der Waals surface area contributed by atoms with Gasteiger partial charge in [-0.3, -0.25) is 9.59 Å². The monoisotopic (exact) mass is 675 g/mol. The summed E-state index contributed by atoms with van der Waals surface area (Å²) in [7, 11) is 0. The van der Waals surface area contributed by atoms with Crippen molar-refractivity contribution in [2.24, 2.45) is 62.1 Å². The van der Waals surface area contributed by atoms with Crippen molar-refractivity contribution >= 4 is 11.9 Å². The van der Waals surface area contributed by atoms with Gasteiger partial charge < -0.3 is 19.6 Å². The molecular weight excluding hydrogens is 610 g/mol. The summed E-state index contributed by atoms with van der Waals surface area (Å²) in [6, 6.07) is 3.97. The molecule has 272 valence electrons. The van der Waals surface area contributed by atoms with Gasteiger partial charge in [-0.2, -0.15) is 0 Å². The van der Waals surface area contributed by atoms with E-state index in [0.29, 0.717) is 36.1 Å². The van der Waals surface area contributed by atoms with Crippen LogP contribution in [0.15, 0.2) is 47.2 Å². The van der Waals surface area contributed by atoms with Gasteiger partial charge in [0.2, 0.25) is 0 Å². The smallest absolute Gasteiger partial charge is 0.309 e. The third kappa shape index (κ3) is 5.74. The number of carbonyl (C=O) groups excluding carboxylic acids is 1. The average molecular weight is 676 g/mol. The fourth-order valence-electron chi connectivity index (χ4n) is 13.5. The molecule has 0 aromatic carbocycles. The van der Waals surface area contributed by atoms with Crippen molar-refractivity contribution in [2.75, 3.05) is 0 Å². The van der Waals surface area contributed by atoms with Crippen LogP contribution in [0, 0.1) is 62.1 Å². The van der Waals surface area contributed by atoms with Crippen molar-refractivity contribution in [3.63, 3.8) is 0 Å². The molecule has 5 aliphatic rings. The number of fused-ring (bicyclic) bond motifs is 7. The zero-order chi connectivity index (χ0) is 35.8. The molecule has 5 fully saturated rings. The molecular formula is C43H65NO5. The van der Waals surface area contributed by atoms with Crippen molar-refractivity contribution in [1.82, 2.24) is 5.32 Å². The first kappa shape index (κ1) is 36.3. The van der Waals surface area contributed by atoms with Crippen molar-refractivity contribution in [3.8, 4) is 0 Å². The maximum atomic E-state index is 13.1. The van der Waals surface area contributed by atoms with Crippen LogP contribution in [0.4, 0.5) is 0 Å². The standard InChI is InChI=1S/C43H65NO5/c1-27(2)30-15-20-43(24-28(3)44-26-29-12-11-23-48-29)22-21-41(9)31(36(30)43)13-14-33-40(8)18-17-34(49-35(45)25-38(4,5)37(46)47)39(6,7)32(40)16-19-42(33,41)10/h11-12,23,30-34,36,44H,1,3,13-22,24-26H2,2,4-10H3,(H,46,47)/t30-,31+,32-,33+,34-,36+,40-,41+,42+,43+/m0/s1. The number of nitrogens with one attached hydrogen (secondary N) is 1. The Morgan fingerprint density at radius 2 is 1.69 bits per heavy atom. The van der Waals surface area contributed by atoms with Gasteiger partial charge in [0.05, 0.1) is 24.6 Å². The van der Waals surface area contributed by atoms with Gasteiger partial charge in [-0.15, -0.1) is 0 Å². The van der Waals surface area contributed by atoms with E-state index in [0.717, 1.165) is 37.1 Å². The van der Waals surface area contributed by atoms with Crippen molar-refractivity contribution in [3.05, 3.63) is 48.6 Å². The second-order valence-corrected chi connectivity index (χ2v) is 19.5.